The highest BCUT2D eigenvalue weighted by Gasteiger charge is 2.25. The molecule has 1 aliphatic rings. The molecule has 1 heterocycles. The smallest absolute Gasteiger partial charge is 0.243 e. The number of imide groups is 1. The first-order valence-corrected chi connectivity index (χ1v) is 5.74. The maximum Gasteiger partial charge on any atom is 0.243 e. The zero-order valence-electron chi connectivity index (χ0n) is 9.91. The maximum atomic E-state index is 11.3. The molecule has 1 aliphatic heterocycles. The summed E-state index contributed by atoms with van der Waals surface area (Å²) in [6, 6.07) is -0.250. The molecule has 0 bridgehead atoms. The van der Waals surface area contributed by atoms with Gasteiger partial charge in [-0.15, -0.1) is 0 Å². The normalized spacial score (nSPS) is 21.3. The molecule has 92 valence electrons. The molecule has 1 rings (SSSR count). The summed E-state index contributed by atoms with van der Waals surface area (Å²) in [5, 5.41) is 5.38. The van der Waals surface area contributed by atoms with E-state index in [9.17, 15) is 9.59 Å². The van der Waals surface area contributed by atoms with Crippen molar-refractivity contribution >= 4 is 11.8 Å². The van der Waals surface area contributed by atoms with Crippen LogP contribution in [0.15, 0.2) is 0 Å². The van der Waals surface area contributed by atoms with E-state index in [2.05, 4.69) is 24.5 Å². The highest BCUT2D eigenvalue weighted by atomic mass is 16.5. The zero-order chi connectivity index (χ0) is 12.0. The van der Waals surface area contributed by atoms with Crippen LogP contribution in [-0.4, -0.2) is 37.6 Å². The van der Waals surface area contributed by atoms with Gasteiger partial charge < -0.3 is 10.1 Å². The fraction of sp³-hybridized carbons (Fsp3) is 0.818. The molecule has 0 spiro atoms. The number of piperidine rings is 1. The second-order valence-corrected chi connectivity index (χ2v) is 4.43. The van der Waals surface area contributed by atoms with Crippen molar-refractivity contribution in [1.29, 1.82) is 0 Å². The summed E-state index contributed by atoms with van der Waals surface area (Å²) in [6.45, 7) is 6.15. The summed E-state index contributed by atoms with van der Waals surface area (Å²) in [5.74, 6) is 0.120. The van der Waals surface area contributed by atoms with E-state index in [4.69, 9.17) is 4.74 Å². The quantitative estimate of drug-likeness (QED) is 0.498. The van der Waals surface area contributed by atoms with Gasteiger partial charge in [-0.3, -0.25) is 14.9 Å². The van der Waals surface area contributed by atoms with Crippen LogP contribution in [0.25, 0.3) is 0 Å². The summed E-state index contributed by atoms with van der Waals surface area (Å²) in [6.07, 6.45) is 0.991. The lowest BCUT2D eigenvalue weighted by Crippen LogP contribution is -2.51. The minimum Gasteiger partial charge on any atom is -0.380 e. The Kier molecular flexibility index (Phi) is 5.42. The Balaban J connectivity index is 2.09. The number of carbonyl (C=O) groups is 2. The minimum absolute atomic E-state index is 0.181. The number of rotatable bonds is 6. The topological polar surface area (TPSA) is 67.4 Å². The molecule has 0 saturated carbocycles. The number of hydrogen-bond donors (Lipinski definition) is 2. The molecular formula is C11H20N2O3. The van der Waals surface area contributed by atoms with Crippen molar-refractivity contribution in [3.8, 4) is 0 Å². The van der Waals surface area contributed by atoms with Crippen molar-refractivity contribution in [2.24, 2.45) is 5.92 Å². The van der Waals surface area contributed by atoms with Gasteiger partial charge in [0.05, 0.1) is 12.6 Å². The van der Waals surface area contributed by atoms with Gasteiger partial charge in [0.1, 0.15) is 0 Å². The van der Waals surface area contributed by atoms with E-state index in [1.54, 1.807) is 0 Å². The number of hydrogen-bond acceptors (Lipinski definition) is 4. The Morgan fingerprint density at radius 3 is 2.88 bits per heavy atom. The summed E-state index contributed by atoms with van der Waals surface area (Å²) >= 11 is 0. The van der Waals surface area contributed by atoms with Crippen LogP contribution in [-0.2, 0) is 14.3 Å². The third kappa shape index (κ3) is 4.72. The first-order valence-electron chi connectivity index (χ1n) is 5.74. The molecule has 1 fully saturated rings. The van der Waals surface area contributed by atoms with Crippen molar-refractivity contribution in [2.45, 2.75) is 32.7 Å². The Hall–Kier alpha value is -0.940. The van der Waals surface area contributed by atoms with Gasteiger partial charge in [-0.1, -0.05) is 13.8 Å². The molecule has 0 aromatic rings. The Morgan fingerprint density at radius 1 is 1.50 bits per heavy atom. The van der Waals surface area contributed by atoms with E-state index in [1.807, 2.05) is 0 Å². The number of ether oxygens (including phenoxy) is 1. The van der Waals surface area contributed by atoms with Crippen LogP contribution in [0.3, 0.4) is 0 Å². The van der Waals surface area contributed by atoms with Gasteiger partial charge >= 0.3 is 0 Å². The first kappa shape index (κ1) is 13.1. The fourth-order valence-electron chi connectivity index (χ4n) is 1.51. The first-order chi connectivity index (χ1) is 7.59. The molecule has 2 N–H and O–H groups in total. The van der Waals surface area contributed by atoms with Crippen LogP contribution in [0, 0.1) is 5.92 Å². The molecule has 0 aromatic heterocycles. The summed E-state index contributed by atoms with van der Waals surface area (Å²) in [4.78, 5) is 22.2. The van der Waals surface area contributed by atoms with Crippen molar-refractivity contribution in [3.63, 3.8) is 0 Å². The van der Waals surface area contributed by atoms with Crippen molar-refractivity contribution in [1.82, 2.24) is 10.6 Å². The summed E-state index contributed by atoms with van der Waals surface area (Å²) < 4.78 is 5.38. The molecule has 0 aliphatic carbocycles. The van der Waals surface area contributed by atoms with Gasteiger partial charge in [-0.25, -0.2) is 0 Å². The van der Waals surface area contributed by atoms with Gasteiger partial charge in [0.25, 0.3) is 0 Å². The third-order valence-electron chi connectivity index (χ3n) is 2.33. The average Bonchev–Trinajstić information content (AvgIpc) is 2.20. The lowest BCUT2D eigenvalue weighted by molar-refractivity contribution is -0.134. The second-order valence-electron chi connectivity index (χ2n) is 4.43. The number of carbonyl (C=O) groups excluding carboxylic acids is 2. The molecule has 1 saturated heterocycles. The average molecular weight is 228 g/mol. The van der Waals surface area contributed by atoms with E-state index in [0.717, 1.165) is 6.61 Å². The van der Waals surface area contributed by atoms with Crippen LogP contribution in [0.4, 0.5) is 0 Å². The maximum absolute atomic E-state index is 11.3. The van der Waals surface area contributed by atoms with Gasteiger partial charge in [-0.2, -0.15) is 0 Å². The van der Waals surface area contributed by atoms with E-state index in [1.165, 1.54) is 0 Å². The zero-order valence-corrected chi connectivity index (χ0v) is 9.91. The van der Waals surface area contributed by atoms with E-state index in [0.29, 0.717) is 31.9 Å². The van der Waals surface area contributed by atoms with Crippen molar-refractivity contribution in [2.75, 3.05) is 19.8 Å². The number of amides is 2. The monoisotopic (exact) mass is 228 g/mol. The molecule has 0 radical (unpaired) electrons. The standard InChI is InChI=1S/C11H20N2O3/c1-8(2)7-16-6-5-12-9-3-4-10(14)13-11(9)15/h8-9,12H,3-7H2,1-2H3,(H,13,14,15). The summed E-state index contributed by atoms with van der Waals surface area (Å²) in [7, 11) is 0. The molecular weight excluding hydrogens is 208 g/mol. The van der Waals surface area contributed by atoms with Crippen molar-refractivity contribution < 1.29 is 14.3 Å². The molecule has 5 heteroatoms. The molecule has 16 heavy (non-hydrogen) atoms. The third-order valence-corrected chi connectivity index (χ3v) is 2.33. The highest BCUT2D eigenvalue weighted by Crippen LogP contribution is 2.03. The second kappa shape index (κ2) is 6.60. The van der Waals surface area contributed by atoms with Crippen LogP contribution >= 0.6 is 0 Å². The van der Waals surface area contributed by atoms with Crippen LogP contribution in [0.1, 0.15) is 26.7 Å². The fourth-order valence-corrected chi connectivity index (χ4v) is 1.51. The largest absolute Gasteiger partial charge is 0.380 e. The lowest BCUT2D eigenvalue weighted by atomic mass is 10.1. The SMILES string of the molecule is CC(C)COCCNC1CCC(=O)NC1=O. The van der Waals surface area contributed by atoms with Gasteiger partial charge in [-0.05, 0) is 12.3 Å². The minimum atomic E-state index is -0.250. The Bertz CT molecular complexity index is 254. The molecule has 2 amide bonds. The van der Waals surface area contributed by atoms with Crippen LogP contribution in [0.5, 0.6) is 0 Å². The van der Waals surface area contributed by atoms with Gasteiger partial charge in [0, 0.05) is 19.6 Å². The van der Waals surface area contributed by atoms with Gasteiger partial charge in [0.2, 0.25) is 11.8 Å². The van der Waals surface area contributed by atoms with E-state index in [-0.39, 0.29) is 17.9 Å². The van der Waals surface area contributed by atoms with E-state index < -0.39 is 0 Å². The van der Waals surface area contributed by atoms with Gasteiger partial charge in [0.15, 0.2) is 0 Å². The Morgan fingerprint density at radius 2 is 2.25 bits per heavy atom. The lowest BCUT2D eigenvalue weighted by Gasteiger charge is -2.21. The Labute approximate surface area is 95.9 Å². The number of nitrogens with one attached hydrogen (secondary N) is 2. The molecule has 0 aromatic carbocycles. The highest BCUT2D eigenvalue weighted by molar-refractivity contribution is 6.00. The van der Waals surface area contributed by atoms with Crippen molar-refractivity contribution in [3.05, 3.63) is 0 Å². The molecule has 5 nitrogen and oxygen atoms in total. The van der Waals surface area contributed by atoms with Crippen LogP contribution in [0.2, 0.25) is 0 Å². The molecule has 1 unspecified atom stereocenters. The molecule has 1 atom stereocenters. The summed E-state index contributed by atoms with van der Waals surface area (Å²) in [5.41, 5.74) is 0. The predicted octanol–water partition coefficient (Wildman–Crippen LogP) is 0.0538. The van der Waals surface area contributed by atoms with E-state index >= 15 is 0 Å². The van der Waals surface area contributed by atoms with Crippen LogP contribution < -0.4 is 10.6 Å². The predicted molar refractivity (Wildman–Crippen MR) is 59.8 cm³/mol.